The van der Waals surface area contributed by atoms with Gasteiger partial charge in [-0.2, -0.15) is 5.26 Å². The highest BCUT2D eigenvalue weighted by molar-refractivity contribution is 7.98. The highest BCUT2D eigenvalue weighted by atomic mass is 32.2. The second-order valence-corrected chi connectivity index (χ2v) is 5.93. The highest BCUT2D eigenvalue weighted by Crippen LogP contribution is 2.21. The minimum Gasteiger partial charge on any atom is -0.337 e. The van der Waals surface area contributed by atoms with Crippen molar-refractivity contribution in [2.75, 3.05) is 6.26 Å². The number of fused-ring (bicyclic) bond motifs is 1. The molecule has 0 aliphatic rings. The summed E-state index contributed by atoms with van der Waals surface area (Å²) in [5.41, 5.74) is 4.52. The maximum atomic E-state index is 9.44. The molecule has 0 aliphatic carbocycles. The summed E-state index contributed by atoms with van der Waals surface area (Å²) in [6.45, 7) is 2.04. The fourth-order valence-corrected chi connectivity index (χ4v) is 2.68. The Morgan fingerprint density at radius 1 is 1.23 bits per heavy atom. The maximum Gasteiger partial charge on any atom is 0.149 e. The van der Waals surface area contributed by atoms with Crippen molar-refractivity contribution in [2.45, 2.75) is 11.8 Å². The number of allylic oxidation sites excluding steroid dienone is 1. The lowest BCUT2D eigenvalue weighted by Gasteiger charge is -1.98. The van der Waals surface area contributed by atoms with Crippen LogP contribution in [-0.2, 0) is 0 Å². The van der Waals surface area contributed by atoms with Crippen LogP contribution in [-0.4, -0.2) is 16.2 Å². The summed E-state index contributed by atoms with van der Waals surface area (Å²) in [5.74, 6) is 0.608. The number of aromatic amines is 1. The van der Waals surface area contributed by atoms with Gasteiger partial charge in [-0.25, -0.2) is 4.98 Å². The fourth-order valence-electron chi connectivity index (χ4n) is 2.27. The molecule has 0 aliphatic heterocycles. The molecule has 0 radical (unpaired) electrons. The normalized spacial score (nSPS) is 11.6. The van der Waals surface area contributed by atoms with Crippen LogP contribution in [0.15, 0.2) is 47.4 Å². The van der Waals surface area contributed by atoms with Crippen molar-refractivity contribution in [2.24, 2.45) is 0 Å². The minimum atomic E-state index is 0.533. The Kier molecular flexibility index (Phi) is 3.99. The third kappa shape index (κ3) is 2.90. The van der Waals surface area contributed by atoms with Gasteiger partial charge in [0.1, 0.15) is 11.9 Å². The lowest BCUT2D eigenvalue weighted by molar-refractivity contribution is 1.27. The second-order valence-electron chi connectivity index (χ2n) is 5.05. The van der Waals surface area contributed by atoms with Gasteiger partial charge in [-0.3, -0.25) is 0 Å². The molecular weight excluding hydrogens is 290 g/mol. The lowest BCUT2D eigenvalue weighted by atomic mass is 10.1. The molecular formula is C18H15N3S. The Bertz CT molecular complexity index is 883. The summed E-state index contributed by atoms with van der Waals surface area (Å²) in [6, 6.07) is 16.4. The van der Waals surface area contributed by atoms with E-state index < -0.39 is 0 Å². The number of rotatable bonds is 3. The van der Waals surface area contributed by atoms with E-state index in [2.05, 4.69) is 16.0 Å². The maximum absolute atomic E-state index is 9.44. The average Bonchev–Trinajstić information content (AvgIpc) is 2.96. The van der Waals surface area contributed by atoms with E-state index in [1.165, 1.54) is 4.90 Å². The number of hydrogen-bond acceptors (Lipinski definition) is 3. The molecule has 2 aromatic carbocycles. The molecule has 0 saturated carbocycles. The first-order valence-electron chi connectivity index (χ1n) is 6.92. The van der Waals surface area contributed by atoms with Crippen LogP contribution < -0.4 is 0 Å². The standard InChI is InChI=1S/C18H15N3S/c1-12-3-8-16-17(9-12)21-18(20-16)14(11-19)10-13-4-6-15(22-2)7-5-13/h3-10H,1-2H3,(H,20,21)/b14-10-. The zero-order valence-corrected chi connectivity index (χ0v) is 13.2. The van der Waals surface area contributed by atoms with E-state index in [1.807, 2.05) is 61.7 Å². The van der Waals surface area contributed by atoms with Crippen molar-refractivity contribution in [1.82, 2.24) is 9.97 Å². The van der Waals surface area contributed by atoms with Gasteiger partial charge < -0.3 is 4.98 Å². The zero-order valence-electron chi connectivity index (χ0n) is 12.4. The molecule has 0 amide bonds. The third-order valence-corrected chi connectivity index (χ3v) is 4.18. The number of nitriles is 1. The monoisotopic (exact) mass is 305 g/mol. The topological polar surface area (TPSA) is 52.5 Å². The van der Waals surface area contributed by atoms with Gasteiger partial charge in [-0.1, -0.05) is 18.2 Å². The van der Waals surface area contributed by atoms with Crippen LogP contribution in [0.3, 0.4) is 0 Å². The Morgan fingerprint density at radius 3 is 2.68 bits per heavy atom. The molecule has 0 bridgehead atoms. The number of aromatic nitrogens is 2. The first-order chi connectivity index (χ1) is 10.7. The zero-order chi connectivity index (χ0) is 15.5. The van der Waals surface area contributed by atoms with Gasteiger partial charge in [-0.15, -0.1) is 11.8 Å². The van der Waals surface area contributed by atoms with Crippen LogP contribution in [0.2, 0.25) is 0 Å². The van der Waals surface area contributed by atoms with E-state index in [0.717, 1.165) is 22.2 Å². The molecule has 4 heteroatoms. The number of H-pyrrole nitrogens is 1. The molecule has 3 nitrogen and oxygen atoms in total. The van der Waals surface area contributed by atoms with Crippen LogP contribution in [0.5, 0.6) is 0 Å². The molecule has 22 heavy (non-hydrogen) atoms. The van der Waals surface area contributed by atoms with Gasteiger partial charge in [0, 0.05) is 4.90 Å². The SMILES string of the molecule is CSc1ccc(/C=C(/C#N)c2nc3ccc(C)cc3[nH]2)cc1. The van der Waals surface area contributed by atoms with Gasteiger partial charge in [0.25, 0.3) is 0 Å². The summed E-state index contributed by atoms with van der Waals surface area (Å²) in [4.78, 5) is 8.93. The first-order valence-corrected chi connectivity index (χ1v) is 8.14. The third-order valence-electron chi connectivity index (χ3n) is 3.44. The number of aryl methyl sites for hydroxylation is 1. The molecule has 0 fully saturated rings. The predicted molar refractivity (Wildman–Crippen MR) is 92.5 cm³/mol. The lowest BCUT2D eigenvalue weighted by Crippen LogP contribution is -1.85. The minimum absolute atomic E-state index is 0.533. The van der Waals surface area contributed by atoms with E-state index in [-0.39, 0.29) is 0 Å². The first kappa shape index (κ1) is 14.4. The van der Waals surface area contributed by atoms with E-state index in [1.54, 1.807) is 11.8 Å². The molecule has 0 spiro atoms. The quantitative estimate of drug-likeness (QED) is 0.565. The summed E-state index contributed by atoms with van der Waals surface area (Å²) in [6.07, 6.45) is 3.90. The Morgan fingerprint density at radius 2 is 2.00 bits per heavy atom. The van der Waals surface area contributed by atoms with Crippen molar-refractivity contribution in [3.05, 3.63) is 59.4 Å². The van der Waals surface area contributed by atoms with Gasteiger partial charge in [0.05, 0.1) is 16.6 Å². The van der Waals surface area contributed by atoms with Crippen molar-refractivity contribution in [3.63, 3.8) is 0 Å². The Hall–Kier alpha value is -2.51. The van der Waals surface area contributed by atoms with Crippen molar-refractivity contribution in [3.8, 4) is 6.07 Å². The number of hydrogen-bond donors (Lipinski definition) is 1. The molecule has 1 heterocycles. The van der Waals surface area contributed by atoms with Crippen LogP contribution in [0.25, 0.3) is 22.7 Å². The number of thioether (sulfide) groups is 1. The largest absolute Gasteiger partial charge is 0.337 e. The number of benzene rings is 2. The van der Waals surface area contributed by atoms with Gasteiger partial charge in [0.15, 0.2) is 0 Å². The van der Waals surface area contributed by atoms with Crippen LogP contribution in [0, 0.1) is 18.3 Å². The molecule has 108 valence electrons. The van der Waals surface area contributed by atoms with Crippen LogP contribution in [0.1, 0.15) is 17.0 Å². The van der Waals surface area contributed by atoms with Gasteiger partial charge in [0.2, 0.25) is 0 Å². The molecule has 0 saturated heterocycles. The van der Waals surface area contributed by atoms with Crippen molar-refractivity contribution in [1.29, 1.82) is 5.26 Å². The van der Waals surface area contributed by atoms with Crippen LogP contribution >= 0.6 is 11.8 Å². The molecule has 3 rings (SSSR count). The van der Waals surface area contributed by atoms with E-state index >= 15 is 0 Å². The second kappa shape index (κ2) is 6.08. The fraction of sp³-hybridized carbons (Fsp3) is 0.111. The predicted octanol–water partition coefficient (Wildman–Crippen LogP) is 4.66. The van der Waals surface area contributed by atoms with Gasteiger partial charge in [-0.05, 0) is 54.6 Å². The molecule has 3 aromatic rings. The average molecular weight is 305 g/mol. The summed E-state index contributed by atoms with van der Waals surface area (Å²) in [7, 11) is 0. The highest BCUT2D eigenvalue weighted by Gasteiger charge is 2.08. The smallest absolute Gasteiger partial charge is 0.149 e. The van der Waals surface area contributed by atoms with Crippen molar-refractivity contribution >= 4 is 34.4 Å². The Balaban J connectivity index is 2.01. The van der Waals surface area contributed by atoms with E-state index in [0.29, 0.717) is 11.4 Å². The van der Waals surface area contributed by atoms with Crippen molar-refractivity contribution < 1.29 is 0 Å². The molecule has 1 aromatic heterocycles. The molecule has 0 atom stereocenters. The molecule has 1 N–H and O–H groups in total. The number of nitrogens with zero attached hydrogens (tertiary/aromatic N) is 2. The van der Waals surface area contributed by atoms with Crippen LogP contribution in [0.4, 0.5) is 0 Å². The summed E-state index contributed by atoms with van der Waals surface area (Å²) < 4.78 is 0. The van der Waals surface area contributed by atoms with Gasteiger partial charge >= 0.3 is 0 Å². The number of nitrogens with one attached hydrogen (secondary N) is 1. The van der Waals surface area contributed by atoms with E-state index in [4.69, 9.17) is 0 Å². The summed E-state index contributed by atoms with van der Waals surface area (Å²) in [5, 5.41) is 9.44. The number of imidazole rings is 1. The Labute approximate surface area is 133 Å². The van der Waals surface area contributed by atoms with E-state index in [9.17, 15) is 5.26 Å². The summed E-state index contributed by atoms with van der Waals surface area (Å²) >= 11 is 1.70. The molecule has 0 unspecified atom stereocenters.